The lowest BCUT2D eigenvalue weighted by Gasteiger charge is -2.15. The molecule has 0 unspecified atom stereocenters. The summed E-state index contributed by atoms with van der Waals surface area (Å²) in [5.41, 5.74) is 1.59. The fourth-order valence-corrected chi connectivity index (χ4v) is 3.30. The van der Waals surface area contributed by atoms with E-state index in [-0.39, 0.29) is 0 Å². The number of rotatable bonds is 4. The van der Waals surface area contributed by atoms with Crippen molar-refractivity contribution in [3.63, 3.8) is 0 Å². The monoisotopic (exact) mass is 292 g/mol. The van der Waals surface area contributed by atoms with Crippen molar-refractivity contribution in [2.45, 2.75) is 13.5 Å². The highest BCUT2D eigenvalue weighted by atomic mass is 32.1. The molecule has 3 aromatic rings. The Labute approximate surface area is 118 Å². The van der Waals surface area contributed by atoms with E-state index in [0.717, 1.165) is 21.9 Å². The van der Waals surface area contributed by atoms with Gasteiger partial charge in [-0.3, -0.25) is 9.20 Å². The zero-order valence-electron chi connectivity index (χ0n) is 10.5. The Morgan fingerprint density at radius 3 is 2.95 bits per heavy atom. The normalized spacial score (nSPS) is 11.1. The van der Waals surface area contributed by atoms with Gasteiger partial charge in [0.2, 0.25) is 0 Å². The topological polar surface area (TPSA) is 50.5 Å². The number of imidazole rings is 1. The summed E-state index contributed by atoms with van der Waals surface area (Å²) in [5, 5.41) is 5.00. The molecule has 0 saturated carbocycles. The van der Waals surface area contributed by atoms with Gasteiger partial charge in [0.1, 0.15) is 5.69 Å². The highest BCUT2D eigenvalue weighted by Gasteiger charge is 2.16. The lowest BCUT2D eigenvalue weighted by molar-refractivity contribution is 0.111. The van der Waals surface area contributed by atoms with Crippen molar-refractivity contribution >= 4 is 39.7 Å². The van der Waals surface area contributed by atoms with Crippen LogP contribution in [0.3, 0.4) is 0 Å². The van der Waals surface area contributed by atoms with Crippen molar-refractivity contribution in [3.8, 4) is 0 Å². The molecule has 0 atom stereocenters. The van der Waals surface area contributed by atoms with Gasteiger partial charge < -0.3 is 4.90 Å². The number of aromatic nitrogens is 3. The van der Waals surface area contributed by atoms with Gasteiger partial charge in [0.15, 0.2) is 17.1 Å². The van der Waals surface area contributed by atoms with Crippen LogP contribution in [-0.2, 0) is 6.54 Å². The number of aldehydes is 1. The summed E-state index contributed by atoms with van der Waals surface area (Å²) in [4.78, 5) is 23.0. The summed E-state index contributed by atoms with van der Waals surface area (Å²) in [7, 11) is 1.92. The van der Waals surface area contributed by atoms with Gasteiger partial charge >= 0.3 is 0 Å². The average Bonchev–Trinajstić information content (AvgIpc) is 3.03. The third kappa shape index (κ3) is 2.15. The minimum Gasteiger partial charge on any atom is -0.352 e. The van der Waals surface area contributed by atoms with Gasteiger partial charge in [0.05, 0.1) is 17.2 Å². The van der Waals surface area contributed by atoms with E-state index < -0.39 is 0 Å². The molecule has 3 rings (SSSR count). The maximum Gasteiger partial charge on any atom is 0.196 e. The number of carbonyl (C=O) groups excluding carboxylic acids is 1. The van der Waals surface area contributed by atoms with Crippen molar-refractivity contribution < 1.29 is 4.79 Å². The first-order valence-electron chi connectivity index (χ1n) is 5.72. The summed E-state index contributed by atoms with van der Waals surface area (Å²) in [6.07, 6.45) is 2.71. The van der Waals surface area contributed by atoms with Crippen LogP contribution in [0.1, 0.15) is 21.2 Å². The van der Waals surface area contributed by atoms with E-state index in [4.69, 9.17) is 0 Å². The van der Waals surface area contributed by atoms with Crippen molar-refractivity contribution in [3.05, 3.63) is 33.4 Å². The molecule has 0 bridgehead atoms. The van der Waals surface area contributed by atoms with Crippen LogP contribution < -0.4 is 4.90 Å². The first-order chi connectivity index (χ1) is 9.19. The number of nitrogens with zero attached hydrogens (tertiary/aromatic N) is 4. The Morgan fingerprint density at radius 1 is 1.42 bits per heavy atom. The van der Waals surface area contributed by atoms with Crippen LogP contribution in [0.4, 0.5) is 5.82 Å². The Bertz CT molecular complexity index is 727. The van der Waals surface area contributed by atoms with E-state index in [1.165, 1.54) is 11.3 Å². The van der Waals surface area contributed by atoms with Crippen LogP contribution in [0.15, 0.2) is 17.0 Å². The van der Waals surface area contributed by atoms with Crippen molar-refractivity contribution in [1.29, 1.82) is 0 Å². The molecule has 5 nitrogen and oxygen atoms in total. The molecule has 0 aromatic carbocycles. The van der Waals surface area contributed by atoms with E-state index in [2.05, 4.69) is 9.97 Å². The molecule has 0 aliphatic rings. The first kappa shape index (κ1) is 12.3. The highest BCUT2D eigenvalue weighted by Crippen LogP contribution is 2.24. The van der Waals surface area contributed by atoms with E-state index in [0.29, 0.717) is 18.1 Å². The van der Waals surface area contributed by atoms with Crippen molar-refractivity contribution in [2.75, 3.05) is 11.9 Å². The average molecular weight is 292 g/mol. The summed E-state index contributed by atoms with van der Waals surface area (Å²) in [6, 6.07) is 0. The molecule has 0 saturated heterocycles. The SMILES string of the molecule is Cc1nc(CN(C)c2nc3sccn3c2C=O)cs1. The van der Waals surface area contributed by atoms with Crippen LogP contribution in [0.5, 0.6) is 0 Å². The van der Waals surface area contributed by atoms with Gasteiger partial charge in [-0.25, -0.2) is 9.97 Å². The van der Waals surface area contributed by atoms with Gasteiger partial charge in [0, 0.05) is 24.0 Å². The Balaban J connectivity index is 1.94. The Kier molecular flexibility index (Phi) is 3.08. The fourth-order valence-electron chi connectivity index (χ4n) is 1.98. The first-order valence-corrected chi connectivity index (χ1v) is 7.48. The highest BCUT2D eigenvalue weighted by molar-refractivity contribution is 7.15. The van der Waals surface area contributed by atoms with E-state index >= 15 is 0 Å². The van der Waals surface area contributed by atoms with Crippen LogP contribution in [0.2, 0.25) is 0 Å². The van der Waals surface area contributed by atoms with Gasteiger partial charge in [-0.1, -0.05) is 0 Å². The van der Waals surface area contributed by atoms with Gasteiger partial charge in [-0.05, 0) is 6.92 Å². The standard InChI is InChI=1S/C12H12N4OS2/c1-8-13-9(7-19-8)5-15(2)11-10(6-17)16-3-4-18-12(16)14-11/h3-4,6-7H,5H2,1-2H3. The number of anilines is 1. The molecule has 98 valence electrons. The second-order valence-corrected chi connectivity index (χ2v) is 6.14. The number of hydrogen-bond donors (Lipinski definition) is 0. The molecule has 0 N–H and O–H groups in total. The third-order valence-corrected chi connectivity index (χ3v) is 4.40. The lowest BCUT2D eigenvalue weighted by Crippen LogP contribution is -2.18. The fraction of sp³-hybridized carbons (Fsp3) is 0.250. The second-order valence-electron chi connectivity index (χ2n) is 4.21. The molecule has 19 heavy (non-hydrogen) atoms. The van der Waals surface area contributed by atoms with E-state index in [9.17, 15) is 4.79 Å². The maximum absolute atomic E-state index is 11.3. The minimum absolute atomic E-state index is 0.589. The molecule has 0 aliphatic carbocycles. The summed E-state index contributed by atoms with van der Waals surface area (Å²) in [6.45, 7) is 2.63. The third-order valence-electron chi connectivity index (χ3n) is 2.82. The predicted molar refractivity (Wildman–Crippen MR) is 77.4 cm³/mol. The number of fused-ring (bicyclic) bond motifs is 1. The molecule has 0 aliphatic heterocycles. The Morgan fingerprint density at radius 2 is 2.26 bits per heavy atom. The summed E-state index contributed by atoms with van der Waals surface area (Å²) >= 11 is 3.15. The number of thiazole rings is 2. The summed E-state index contributed by atoms with van der Waals surface area (Å²) < 4.78 is 1.82. The molecule has 3 heterocycles. The molecular formula is C12H12N4OS2. The minimum atomic E-state index is 0.589. The van der Waals surface area contributed by atoms with Crippen LogP contribution in [-0.4, -0.2) is 27.7 Å². The predicted octanol–water partition coefficient (Wildman–Crippen LogP) is 2.61. The quantitative estimate of drug-likeness (QED) is 0.694. The van der Waals surface area contributed by atoms with Crippen molar-refractivity contribution in [1.82, 2.24) is 14.4 Å². The molecule has 7 heteroatoms. The number of hydrogen-bond acceptors (Lipinski definition) is 6. The maximum atomic E-state index is 11.3. The number of carbonyl (C=O) groups is 1. The zero-order chi connectivity index (χ0) is 13.4. The molecule has 0 radical (unpaired) electrons. The molecule has 3 aromatic heterocycles. The zero-order valence-corrected chi connectivity index (χ0v) is 12.2. The lowest BCUT2D eigenvalue weighted by atomic mass is 10.4. The second kappa shape index (κ2) is 4.75. The molecule has 0 fully saturated rings. The van der Waals surface area contributed by atoms with Crippen LogP contribution >= 0.6 is 22.7 Å². The van der Waals surface area contributed by atoms with Crippen LogP contribution in [0, 0.1) is 6.92 Å². The van der Waals surface area contributed by atoms with Gasteiger partial charge in [-0.2, -0.15) is 0 Å². The smallest absolute Gasteiger partial charge is 0.196 e. The Hall–Kier alpha value is -1.73. The van der Waals surface area contributed by atoms with Crippen LogP contribution in [0.25, 0.3) is 4.96 Å². The van der Waals surface area contributed by atoms with E-state index in [1.54, 1.807) is 11.3 Å². The number of aryl methyl sites for hydroxylation is 1. The molecular weight excluding hydrogens is 280 g/mol. The van der Waals surface area contributed by atoms with Gasteiger partial charge in [0.25, 0.3) is 0 Å². The largest absolute Gasteiger partial charge is 0.352 e. The molecule has 0 amide bonds. The van der Waals surface area contributed by atoms with Gasteiger partial charge in [-0.15, -0.1) is 22.7 Å². The summed E-state index contributed by atoms with van der Waals surface area (Å²) in [5.74, 6) is 0.701. The van der Waals surface area contributed by atoms with Crippen molar-refractivity contribution in [2.24, 2.45) is 0 Å². The van der Waals surface area contributed by atoms with E-state index in [1.807, 2.05) is 40.2 Å². The molecule has 0 spiro atoms.